The van der Waals surface area contributed by atoms with Crippen molar-refractivity contribution in [1.29, 1.82) is 5.26 Å². The average molecular weight is 414 g/mol. The molecule has 2 atom stereocenters. The number of nitriles is 1. The van der Waals surface area contributed by atoms with Gasteiger partial charge >= 0.3 is 5.97 Å². The van der Waals surface area contributed by atoms with Crippen LogP contribution in [0.3, 0.4) is 0 Å². The zero-order valence-corrected chi connectivity index (χ0v) is 16.8. The predicted molar refractivity (Wildman–Crippen MR) is 104 cm³/mol. The van der Waals surface area contributed by atoms with Crippen molar-refractivity contribution >= 4 is 29.2 Å². The molecule has 2 unspecified atom stereocenters. The van der Waals surface area contributed by atoms with E-state index >= 15 is 0 Å². The van der Waals surface area contributed by atoms with Crippen LogP contribution in [0.2, 0.25) is 10.0 Å². The molecule has 1 aliphatic rings. The quantitative estimate of drug-likeness (QED) is 0.524. The summed E-state index contributed by atoms with van der Waals surface area (Å²) < 4.78 is 11.3. The molecule has 0 spiro atoms. The number of ether oxygens (including phenoxy) is 2. The van der Waals surface area contributed by atoms with Gasteiger partial charge in [0.15, 0.2) is 6.29 Å². The fourth-order valence-electron chi connectivity index (χ4n) is 3.36. The van der Waals surface area contributed by atoms with E-state index in [-0.39, 0.29) is 12.7 Å². The molecule has 2 rings (SSSR count). The zero-order valence-electron chi connectivity index (χ0n) is 15.3. The number of halogens is 2. The smallest absolute Gasteiger partial charge is 0.303 e. The largest absolute Gasteiger partial charge is 0.481 e. The molecule has 27 heavy (non-hydrogen) atoms. The van der Waals surface area contributed by atoms with Gasteiger partial charge in [0, 0.05) is 19.6 Å². The van der Waals surface area contributed by atoms with Gasteiger partial charge in [0.25, 0.3) is 0 Å². The number of carboxylic acid groups (broad SMARTS) is 1. The lowest BCUT2D eigenvalue weighted by Gasteiger charge is -2.28. The lowest BCUT2D eigenvalue weighted by atomic mass is 9.74. The van der Waals surface area contributed by atoms with Gasteiger partial charge in [-0.1, -0.05) is 29.3 Å². The Morgan fingerprint density at radius 1 is 1.30 bits per heavy atom. The first-order chi connectivity index (χ1) is 13.0. The zero-order chi connectivity index (χ0) is 19.7. The molecular formula is C20H25Cl2NO4. The first-order valence-electron chi connectivity index (χ1n) is 9.28. The summed E-state index contributed by atoms with van der Waals surface area (Å²) in [5.41, 5.74) is -0.0563. The van der Waals surface area contributed by atoms with Crippen LogP contribution in [-0.2, 0) is 19.7 Å². The lowest BCUT2D eigenvalue weighted by molar-refractivity contribution is -0.163. The molecule has 0 bridgehead atoms. The summed E-state index contributed by atoms with van der Waals surface area (Å²) in [6.07, 6.45) is 5.00. The van der Waals surface area contributed by atoms with E-state index in [1.807, 2.05) is 0 Å². The Bertz CT molecular complexity index is 670. The van der Waals surface area contributed by atoms with Crippen LogP contribution in [0.1, 0.15) is 56.9 Å². The number of aliphatic carboxylic acids is 1. The molecule has 1 N–H and O–H groups in total. The van der Waals surface area contributed by atoms with Crippen LogP contribution in [0.15, 0.2) is 18.2 Å². The maximum Gasteiger partial charge on any atom is 0.303 e. The van der Waals surface area contributed by atoms with Gasteiger partial charge < -0.3 is 14.6 Å². The van der Waals surface area contributed by atoms with Gasteiger partial charge in [0.1, 0.15) is 0 Å². The summed E-state index contributed by atoms with van der Waals surface area (Å²) in [5.74, 6) is -0.867. The summed E-state index contributed by atoms with van der Waals surface area (Å²) in [5, 5.41) is 19.7. The van der Waals surface area contributed by atoms with Crippen molar-refractivity contribution in [2.75, 3.05) is 13.2 Å². The van der Waals surface area contributed by atoms with Gasteiger partial charge in [-0.3, -0.25) is 4.79 Å². The van der Waals surface area contributed by atoms with Crippen LogP contribution in [-0.4, -0.2) is 30.6 Å². The number of hydrogen-bond acceptors (Lipinski definition) is 4. The number of nitrogens with zero attached hydrogens (tertiary/aromatic N) is 1. The van der Waals surface area contributed by atoms with Crippen LogP contribution in [0, 0.1) is 11.3 Å². The lowest BCUT2D eigenvalue weighted by Crippen LogP contribution is -2.27. The van der Waals surface area contributed by atoms with Crippen LogP contribution in [0.25, 0.3) is 0 Å². The third kappa shape index (κ3) is 6.65. The molecule has 1 aliphatic heterocycles. The Balaban J connectivity index is 2.04. The van der Waals surface area contributed by atoms with Crippen molar-refractivity contribution in [1.82, 2.24) is 0 Å². The van der Waals surface area contributed by atoms with Crippen molar-refractivity contribution in [2.24, 2.45) is 0 Å². The summed E-state index contributed by atoms with van der Waals surface area (Å²) in [6, 6.07) is 7.59. The van der Waals surface area contributed by atoms with Crippen molar-refractivity contribution in [3.05, 3.63) is 33.8 Å². The van der Waals surface area contributed by atoms with Crippen molar-refractivity contribution < 1.29 is 19.4 Å². The molecule has 1 aromatic carbocycles. The molecule has 1 heterocycles. The van der Waals surface area contributed by atoms with Gasteiger partial charge in [0.05, 0.1) is 21.5 Å². The van der Waals surface area contributed by atoms with E-state index in [1.54, 1.807) is 18.2 Å². The molecule has 1 fully saturated rings. The SMILES string of the molecule is N#CC(CCCOC1CCCCO1)(CCCC(=O)O)c1ccc(Cl)c(Cl)c1. The fourth-order valence-corrected chi connectivity index (χ4v) is 3.65. The number of benzene rings is 1. The topological polar surface area (TPSA) is 79.5 Å². The molecule has 0 radical (unpaired) electrons. The maximum absolute atomic E-state index is 10.9. The Labute approximate surface area is 170 Å². The molecule has 7 heteroatoms. The molecular weight excluding hydrogens is 389 g/mol. The molecule has 0 saturated carbocycles. The third-order valence-corrected chi connectivity index (χ3v) is 5.61. The van der Waals surface area contributed by atoms with Crippen molar-refractivity contribution in [3.63, 3.8) is 0 Å². The molecule has 0 amide bonds. The second-order valence-electron chi connectivity index (χ2n) is 6.84. The van der Waals surface area contributed by atoms with E-state index in [0.717, 1.165) is 31.4 Å². The van der Waals surface area contributed by atoms with Gasteiger partial charge in [-0.25, -0.2) is 0 Å². The molecule has 1 aromatic rings. The summed E-state index contributed by atoms with van der Waals surface area (Å²) in [4.78, 5) is 10.9. The Morgan fingerprint density at radius 2 is 2.07 bits per heavy atom. The van der Waals surface area contributed by atoms with Gasteiger partial charge in [-0.15, -0.1) is 0 Å². The van der Waals surface area contributed by atoms with Gasteiger partial charge in [-0.2, -0.15) is 5.26 Å². The second kappa shape index (κ2) is 10.9. The molecule has 0 aromatic heterocycles. The number of carbonyl (C=O) groups is 1. The van der Waals surface area contributed by atoms with Crippen LogP contribution in [0.5, 0.6) is 0 Å². The first-order valence-corrected chi connectivity index (χ1v) is 10.0. The van der Waals surface area contributed by atoms with E-state index in [1.165, 1.54) is 0 Å². The minimum Gasteiger partial charge on any atom is -0.481 e. The predicted octanol–water partition coefficient (Wildman–Crippen LogP) is 5.33. The molecule has 0 aliphatic carbocycles. The second-order valence-corrected chi connectivity index (χ2v) is 7.65. The van der Waals surface area contributed by atoms with Crippen molar-refractivity contribution in [3.8, 4) is 6.07 Å². The van der Waals surface area contributed by atoms with E-state index in [2.05, 4.69) is 6.07 Å². The van der Waals surface area contributed by atoms with Crippen LogP contribution >= 0.6 is 23.2 Å². The minimum absolute atomic E-state index is 0.0250. The number of rotatable bonds is 10. The van der Waals surface area contributed by atoms with E-state index in [4.69, 9.17) is 37.8 Å². The van der Waals surface area contributed by atoms with Crippen LogP contribution in [0.4, 0.5) is 0 Å². The summed E-state index contributed by atoms with van der Waals surface area (Å²) in [7, 11) is 0. The number of carboxylic acids is 1. The fraction of sp³-hybridized carbons (Fsp3) is 0.600. The highest BCUT2D eigenvalue weighted by Crippen LogP contribution is 2.37. The number of hydrogen-bond donors (Lipinski definition) is 1. The Hall–Kier alpha value is -1.32. The Kier molecular flexibility index (Phi) is 8.85. The summed E-state index contributed by atoms with van der Waals surface area (Å²) >= 11 is 12.2. The monoisotopic (exact) mass is 413 g/mol. The van der Waals surface area contributed by atoms with Crippen molar-refractivity contribution in [2.45, 2.75) is 63.1 Å². The minimum atomic E-state index is -0.867. The van der Waals surface area contributed by atoms with Gasteiger partial charge in [-0.05, 0) is 62.6 Å². The highest BCUT2D eigenvalue weighted by atomic mass is 35.5. The Morgan fingerprint density at radius 3 is 2.70 bits per heavy atom. The van der Waals surface area contributed by atoms with E-state index in [9.17, 15) is 10.1 Å². The average Bonchev–Trinajstić information content (AvgIpc) is 2.66. The maximum atomic E-state index is 10.9. The van der Waals surface area contributed by atoms with E-state index < -0.39 is 11.4 Å². The summed E-state index contributed by atoms with van der Waals surface area (Å²) in [6.45, 7) is 1.22. The van der Waals surface area contributed by atoms with Crippen LogP contribution < -0.4 is 0 Å². The highest BCUT2D eigenvalue weighted by Gasteiger charge is 2.32. The normalized spacial score (nSPS) is 19.2. The standard InChI is InChI=1S/C20H25Cl2NO4/c21-16-8-7-15(13-17(16)22)20(14-23,9-3-5-18(24)25)10-4-12-27-19-6-1-2-11-26-19/h7-8,13,19H,1-6,9-12H2,(H,24,25). The van der Waals surface area contributed by atoms with E-state index in [0.29, 0.717) is 42.3 Å². The molecule has 148 valence electrons. The molecule has 5 nitrogen and oxygen atoms in total. The first kappa shape index (κ1) is 22.0. The third-order valence-electron chi connectivity index (χ3n) is 4.87. The van der Waals surface area contributed by atoms with Gasteiger partial charge in [0.2, 0.25) is 0 Å². The highest BCUT2D eigenvalue weighted by molar-refractivity contribution is 6.42. The molecule has 1 saturated heterocycles.